The number of nitrogens with zero attached hydrogens (tertiary/aromatic N) is 2. The summed E-state index contributed by atoms with van der Waals surface area (Å²) in [6.45, 7) is 5.05. The Kier molecular flexibility index (Phi) is 5.87. The van der Waals surface area contributed by atoms with Crippen LogP contribution in [0.15, 0.2) is 35.2 Å². The molecule has 2 rings (SSSR count). The number of hydrogen-bond acceptors (Lipinski definition) is 5. The zero-order chi connectivity index (χ0) is 15.1. The third-order valence-corrected chi connectivity index (χ3v) is 3.65. The number of aromatic nitrogens is 2. The fourth-order valence-corrected chi connectivity index (χ4v) is 2.20. The van der Waals surface area contributed by atoms with Crippen molar-refractivity contribution in [2.45, 2.75) is 31.6 Å². The van der Waals surface area contributed by atoms with Crippen LogP contribution in [0.1, 0.15) is 26.1 Å². The largest absolute Gasteiger partial charge is 0.439 e. The van der Waals surface area contributed by atoms with Gasteiger partial charge < -0.3 is 10.1 Å². The molecule has 2 aromatic rings. The highest BCUT2D eigenvalue weighted by Gasteiger charge is 2.05. The highest BCUT2D eigenvalue weighted by Crippen LogP contribution is 2.24. The maximum atomic E-state index is 5.84. The Balaban J connectivity index is 2.16. The topological polar surface area (TPSA) is 47.0 Å². The Morgan fingerprint density at radius 3 is 2.52 bits per heavy atom. The van der Waals surface area contributed by atoms with Crippen LogP contribution < -0.4 is 10.1 Å². The molecule has 1 aromatic heterocycles. The number of nitrogens with one attached hydrogen (secondary N) is 1. The summed E-state index contributed by atoms with van der Waals surface area (Å²) in [6.07, 6.45) is 3.89. The molecular formula is C16H21N3OS. The van der Waals surface area contributed by atoms with Gasteiger partial charge in [0, 0.05) is 23.9 Å². The molecule has 0 amide bonds. The zero-order valence-electron chi connectivity index (χ0n) is 12.7. The van der Waals surface area contributed by atoms with E-state index in [0.29, 0.717) is 5.88 Å². The predicted octanol–water partition coefficient (Wildman–Crippen LogP) is 4.38. The molecule has 0 radical (unpaired) electrons. The van der Waals surface area contributed by atoms with Crippen LogP contribution >= 0.6 is 11.8 Å². The van der Waals surface area contributed by atoms with Crippen molar-refractivity contribution in [2.75, 3.05) is 18.1 Å². The van der Waals surface area contributed by atoms with Gasteiger partial charge in [0.1, 0.15) is 17.4 Å². The molecule has 21 heavy (non-hydrogen) atoms. The summed E-state index contributed by atoms with van der Waals surface area (Å²) in [7, 11) is 0. The summed E-state index contributed by atoms with van der Waals surface area (Å²) in [6, 6.07) is 9.84. The minimum absolute atomic E-state index is 0.581. The quantitative estimate of drug-likeness (QED) is 0.769. The SMILES string of the molecule is CCCNc1cc(Oc2ccc(SC)cc2)nc(CC)n1. The molecule has 0 saturated heterocycles. The van der Waals surface area contributed by atoms with Gasteiger partial charge in [0.25, 0.3) is 0 Å². The molecule has 0 fully saturated rings. The van der Waals surface area contributed by atoms with Crippen LogP contribution in [0.5, 0.6) is 11.6 Å². The van der Waals surface area contributed by atoms with Crippen molar-refractivity contribution in [2.24, 2.45) is 0 Å². The van der Waals surface area contributed by atoms with Crippen molar-refractivity contribution in [1.82, 2.24) is 9.97 Å². The Labute approximate surface area is 130 Å². The number of anilines is 1. The average Bonchev–Trinajstić information content (AvgIpc) is 2.53. The number of rotatable bonds is 7. The first-order chi connectivity index (χ1) is 10.2. The maximum absolute atomic E-state index is 5.84. The lowest BCUT2D eigenvalue weighted by Gasteiger charge is -2.10. The van der Waals surface area contributed by atoms with Crippen LogP contribution in [-0.4, -0.2) is 22.8 Å². The molecular weight excluding hydrogens is 282 g/mol. The van der Waals surface area contributed by atoms with Crippen molar-refractivity contribution in [3.8, 4) is 11.6 Å². The highest BCUT2D eigenvalue weighted by molar-refractivity contribution is 7.98. The first-order valence-electron chi connectivity index (χ1n) is 7.19. The van der Waals surface area contributed by atoms with Crippen LogP contribution in [0.25, 0.3) is 0 Å². The lowest BCUT2D eigenvalue weighted by molar-refractivity contribution is 0.459. The minimum atomic E-state index is 0.581. The first-order valence-corrected chi connectivity index (χ1v) is 8.41. The molecule has 1 aromatic carbocycles. The summed E-state index contributed by atoms with van der Waals surface area (Å²) in [5.74, 6) is 2.97. The third-order valence-electron chi connectivity index (χ3n) is 2.90. The van der Waals surface area contributed by atoms with Gasteiger partial charge in [-0.05, 0) is 36.9 Å². The third kappa shape index (κ3) is 4.63. The second-order valence-corrected chi connectivity index (χ2v) is 5.45. The van der Waals surface area contributed by atoms with Crippen molar-refractivity contribution >= 4 is 17.6 Å². The van der Waals surface area contributed by atoms with Crippen LogP contribution in [0.2, 0.25) is 0 Å². The number of benzene rings is 1. The molecule has 4 nitrogen and oxygen atoms in total. The van der Waals surface area contributed by atoms with Crippen LogP contribution in [0, 0.1) is 0 Å². The monoisotopic (exact) mass is 303 g/mol. The van der Waals surface area contributed by atoms with Gasteiger partial charge in [0.15, 0.2) is 0 Å². The van der Waals surface area contributed by atoms with Crippen LogP contribution in [0.4, 0.5) is 5.82 Å². The van der Waals surface area contributed by atoms with E-state index in [1.165, 1.54) is 4.90 Å². The molecule has 0 aliphatic heterocycles. The van der Waals surface area contributed by atoms with Crippen molar-refractivity contribution < 1.29 is 4.74 Å². The molecule has 0 saturated carbocycles. The molecule has 0 atom stereocenters. The van der Waals surface area contributed by atoms with E-state index in [1.807, 2.05) is 37.3 Å². The van der Waals surface area contributed by atoms with Crippen molar-refractivity contribution in [1.29, 1.82) is 0 Å². The van der Waals surface area contributed by atoms with E-state index in [9.17, 15) is 0 Å². The van der Waals surface area contributed by atoms with E-state index >= 15 is 0 Å². The fourth-order valence-electron chi connectivity index (χ4n) is 1.79. The predicted molar refractivity (Wildman–Crippen MR) is 88.5 cm³/mol. The Morgan fingerprint density at radius 2 is 1.90 bits per heavy atom. The summed E-state index contributed by atoms with van der Waals surface area (Å²) in [4.78, 5) is 10.1. The molecule has 1 N–H and O–H groups in total. The molecule has 1 heterocycles. The van der Waals surface area contributed by atoms with Gasteiger partial charge in [0.05, 0.1) is 0 Å². The zero-order valence-corrected chi connectivity index (χ0v) is 13.5. The normalized spacial score (nSPS) is 10.4. The van der Waals surface area contributed by atoms with Crippen molar-refractivity contribution in [3.05, 3.63) is 36.2 Å². The second kappa shape index (κ2) is 7.88. The molecule has 0 aliphatic rings. The lowest BCUT2D eigenvalue weighted by atomic mass is 10.3. The summed E-state index contributed by atoms with van der Waals surface area (Å²) in [5.41, 5.74) is 0. The molecule has 0 spiro atoms. The van der Waals surface area contributed by atoms with Gasteiger partial charge in [-0.1, -0.05) is 13.8 Å². The summed E-state index contributed by atoms with van der Waals surface area (Å²) in [5, 5.41) is 3.28. The Hall–Kier alpha value is -1.75. The number of hydrogen-bond donors (Lipinski definition) is 1. The molecule has 5 heteroatoms. The summed E-state index contributed by atoms with van der Waals surface area (Å²) < 4.78 is 5.84. The van der Waals surface area contributed by atoms with E-state index in [4.69, 9.17) is 4.74 Å². The van der Waals surface area contributed by atoms with E-state index in [2.05, 4.69) is 28.5 Å². The van der Waals surface area contributed by atoms with Gasteiger partial charge in [-0.3, -0.25) is 0 Å². The highest BCUT2D eigenvalue weighted by atomic mass is 32.2. The number of thioether (sulfide) groups is 1. The van der Waals surface area contributed by atoms with E-state index in [0.717, 1.165) is 36.8 Å². The van der Waals surface area contributed by atoms with Gasteiger partial charge in [0.2, 0.25) is 5.88 Å². The van der Waals surface area contributed by atoms with Gasteiger partial charge in [-0.25, -0.2) is 4.98 Å². The van der Waals surface area contributed by atoms with E-state index in [-0.39, 0.29) is 0 Å². The molecule has 0 aliphatic carbocycles. The average molecular weight is 303 g/mol. The molecule has 0 bridgehead atoms. The lowest BCUT2D eigenvalue weighted by Crippen LogP contribution is -2.05. The molecule has 0 unspecified atom stereocenters. The van der Waals surface area contributed by atoms with Crippen molar-refractivity contribution in [3.63, 3.8) is 0 Å². The first kappa shape index (κ1) is 15.6. The second-order valence-electron chi connectivity index (χ2n) is 4.57. The van der Waals surface area contributed by atoms with E-state index in [1.54, 1.807) is 11.8 Å². The van der Waals surface area contributed by atoms with Gasteiger partial charge in [-0.2, -0.15) is 4.98 Å². The smallest absolute Gasteiger partial charge is 0.224 e. The van der Waals surface area contributed by atoms with Gasteiger partial charge >= 0.3 is 0 Å². The van der Waals surface area contributed by atoms with E-state index < -0.39 is 0 Å². The number of ether oxygens (including phenoxy) is 1. The Morgan fingerprint density at radius 1 is 1.14 bits per heavy atom. The number of aryl methyl sites for hydroxylation is 1. The molecule has 112 valence electrons. The Bertz CT molecular complexity index is 572. The maximum Gasteiger partial charge on any atom is 0.224 e. The standard InChI is InChI=1S/C16H21N3OS/c1-4-10-17-15-11-16(19-14(5-2)18-15)20-12-6-8-13(21-3)9-7-12/h6-9,11H,4-5,10H2,1-3H3,(H,17,18,19). The van der Waals surface area contributed by atoms with Crippen LogP contribution in [-0.2, 0) is 6.42 Å². The summed E-state index contributed by atoms with van der Waals surface area (Å²) >= 11 is 1.71. The minimum Gasteiger partial charge on any atom is -0.439 e. The van der Waals surface area contributed by atoms with Gasteiger partial charge in [-0.15, -0.1) is 11.8 Å². The fraction of sp³-hybridized carbons (Fsp3) is 0.375. The van der Waals surface area contributed by atoms with Crippen LogP contribution in [0.3, 0.4) is 0 Å².